The number of aromatic nitrogens is 2. The van der Waals surface area contributed by atoms with Gasteiger partial charge in [0.15, 0.2) is 5.82 Å². The first-order valence-electron chi connectivity index (χ1n) is 16.0. The summed E-state index contributed by atoms with van der Waals surface area (Å²) in [5.74, 6) is 0.117. The fraction of sp³-hybridized carbons (Fsp3) is 0.500. The van der Waals surface area contributed by atoms with E-state index in [-0.39, 0.29) is 47.8 Å². The molecule has 4 unspecified atom stereocenters. The second kappa shape index (κ2) is 10.8. The van der Waals surface area contributed by atoms with Crippen LogP contribution in [0.1, 0.15) is 56.4 Å². The molecule has 5 heterocycles. The van der Waals surface area contributed by atoms with Crippen molar-refractivity contribution in [2.24, 2.45) is 0 Å². The van der Waals surface area contributed by atoms with E-state index in [1.54, 1.807) is 12.1 Å². The molecule has 0 radical (unpaired) electrons. The van der Waals surface area contributed by atoms with Gasteiger partial charge in [0.25, 0.3) is 0 Å². The lowest BCUT2D eigenvalue weighted by Gasteiger charge is -2.41. The molecule has 1 aromatic heterocycles. The summed E-state index contributed by atoms with van der Waals surface area (Å²) < 4.78 is 37.5. The molecule has 45 heavy (non-hydrogen) atoms. The third-order valence-corrected chi connectivity index (χ3v) is 10.9. The third kappa shape index (κ3) is 4.83. The molecule has 4 atom stereocenters. The van der Waals surface area contributed by atoms with Gasteiger partial charge >= 0.3 is 6.01 Å². The van der Waals surface area contributed by atoms with E-state index in [0.717, 1.165) is 50.6 Å². The van der Waals surface area contributed by atoms with Crippen LogP contribution in [-0.4, -0.2) is 87.4 Å². The van der Waals surface area contributed by atoms with Crippen molar-refractivity contribution in [2.75, 3.05) is 37.7 Å². The van der Waals surface area contributed by atoms with Gasteiger partial charge in [0.2, 0.25) is 5.91 Å². The number of phenols is 1. The first-order chi connectivity index (χ1) is 21.7. The van der Waals surface area contributed by atoms with Gasteiger partial charge in [0, 0.05) is 54.1 Å². The maximum atomic E-state index is 16.8. The standard InChI is InChI=1S/C34H36ClF2N5O3/c1-2-28(44)42-21-6-7-22(42)17-40(16-21)32-25-9-8-24(26-12-23(43)13-27(35)29(26)19-4-5-19)30(37)31(25)38-33(39-32)45-18-34-10-3-11-41(34)15-20(36)14-34/h2,8-9,12-13,19-22,43H,1,3-7,10-11,14-18H2. The first-order valence-corrected chi connectivity index (χ1v) is 16.4. The van der Waals surface area contributed by atoms with E-state index in [1.807, 2.05) is 11.0 Å². The molecule has 5 aliphatic rings. The molecule has 3 aromatic rings. The van der Waals surface area contributed by atoms with Crippen LogP contribution in [0, 0.1) is 5.82 Å². The van der Waals surface area contributed by atoms with Crippen molar-refractivity contribution in [1.29, 1.82) is 0 Å². The topological polar surface area (TPSA) is 82.0 Å². The van der Waals surface area contributed by atoms with Crippen LogP contribution in [-0.2, 0) is 4.79 Å². The largest absolute Gasteiger partial charge is 0.508 e. The van der Waals surface area contributed by atoms with E-state index >= 15 is 4.39 Å². The summed E-state index contributed by atoms with van der Waals surface area (Å²) >= 11 is 6.58. The Morgan fingerprint density at radius 1 is 1.13 bits per heavy atom. The van der Waals surface area contributed by atoms with Crippen LogP contribution >= 0.6 is 11.6 Å². The van der Waals surface area contributed by atoms with Crippen molar-refractivity contribution >= 4 is 34.2 Å². The highest BCUT2D eigenvalue weighted by Gasteiger charge is 2.49. The van der Waals surface area contributed by atoms with Crippen LogP contribution in [0.25, 0.3) is 22.0 Å². The van der Waals surface area contributed by atoms with E-state index in [9.17, 15) is 14.3 Å². The Hall–Kier alpha value is -3.50. The molecular weight excluding hydrogens is 600 g/mol. The molecule has 8 nitrogen and oxygen atoms in total. The van der Waals surface area contributed by atoms with Gasteiger partial charge in [-0.15, -0.1) is 0 Å². The number of carbonyl (C=O) groups is 1. The van der Waals surface area contributed by atoms with Gasteiger partial charge in [-0.2, -0.15) is 9.97 Å². The van der Waals surface area contributed by atoms with Gasteiger partial charge < -0.3 is 19.6 Å². The summed E-state index contributed by atoms with van der Waals surface area (Å²) in [6.45, 7) is 6.22. The lowest BCUT2D eigenvalue weighted by molar-refractivity contribution is -0.129. The summed E-state index contributed by atoms with van der Waals surface area (Å²) in [4.78, 5) is 28.3. The summed E-state index contributed by atoms with van der Waals surface area (Å²) in [6, 6.07) is 6.65. The molecule has 4 aliphatic heterocycles. The highest BCUT2D eigenvalue weighted by molar-refractivity contribution is 6.32. The number of benzene rings is 2. The Morgan fingerprint density at radius 2 is 1.91 bits per heavy atom. The van der Waals surface area contributed by atoms with E-state index in [0.29, 0.717) is 53.4 Å². The van der Waals surface area contributed by atoms with Crippen LogP contribution in [0.15, 0.2) is 36.9 Å². The summed E-state index contributed by atoms with van der Waals surface area (Å²) in [7, 11) is 0. The Kier molecular flexibility index (Phi) is 6.94. The van der Waals surface area contributed by atoms with Gasteiger partial charge in [0.1, 0.15) is 29.9 Å². The van der Waals surface area contributed by atoms with E-state index in [2.05, 4.69) is 21.4 Å². The minimum absolute atomic E-state index is 0.00537. The molecule has 2 bridgehead atoms. The number of hydrogen-bond donors (Lipinski definition) is 1. The maximum Gasteiger partial charge on any atom is 0.319 e. The summed E-state index contributed by atoms with van der Waals surface area (Å²) in [5.41, 5.74) is 1.39. The Bertz CT molecular complexity index is 1710. The number of anilines is 1. The van der Waals surface area contributed by atoms with Crippen molar-refractivity contribution in [3.63, 3.8) is 0 Å². The number of fused-ring (bicyclic) bond motifs is 4. The molecule has 8 rings (SSSR count). The molecular formula is C34H36ClF2N5O3. The summed E-state index contributed by atoms with van der Waals surface area (Å²) in [6.07, 6.45) is 6.33. The van der Waals surface area contributed by atoms with Gasteiger partial charge in [-0.25, -0.2) is 8.78 Å². The van der Waals surface area contributed by atoms with Crippen molar-refractivity contribution in [2.45, 2.75) is 74.7 Å². The smallest absolute Gasteiger partial charge is 0.319 e. The number of halogens is 3. The lowest BCUT2D eigenvalue weighted by atomic mass is 9.94. The Balaban J connectivity index is 1.22. The average molecular weight is 636 g/mol. The predicted molar refractivity (Wildman–Crippen MR) is 168 cm³/mol. The van der Waals surface area contributed by atoms with Gasteiger partial charge in [-0.05, 0) is 86.4 Å². The average Bonchev–Trinajstić information content (AvgIpc) is 3.63. The van der Waals surface area contributed by atoms with E-state index in [4.69, 9.17) is 21.3 Å². The van der Waals surface area contributed by atoms with Crippen LogP contribution in [0.3, 0.4) is 0 Å². The SMILES string of the molecule is C=CC(=O)N1C2CCC1CN(c1nc(OCC34CCCN3CC(F)C4)nc3c(F)c(-c4cc(O)cc(Cl)c4C4CC4)ccc13)C2. The van der Waals surface area contributed by atoms with Gasteiger partial charge in [-0.3, -0.25) is 9.69 Å². The molecule has 1 N–H and O–H groups in total. The highest BCUT2D eigenvalue weighted by atomic mass is 35.5. The zero-order valence-corrected chi connectivity index (χ0v) is 25.8. The zero-order chi connectivity index (χ0) is 31.0. The zero-order valence-electron chi connectivity index (χ0n) is 25.0. The van der Waals surface area contributed by atoms with Crippen LogP contribution < -0.4 is 9.64 Å². The fourth-order valence-electron chi connectivity index (χ4n) is 8.44. The van der Waals surface area contributed by atoms with Crippen LogP contribution in [0.5, 0.6) is 11.8 Å². The normalized spacial score (nSPS) is 27.8. The van der Waals surface area contributed by atoms with Crippen LogP contribution in [0.4, 0.5) is 14.6 Å². The number of nitrogens with zero attached hydrogens (tertiary/aromatic N) is 5. The number of amides is 1. The van der Waals surface area contributed by atoms with E-state index < -0.39 is 17.5 Å². The Labute approximate surface area is 265 Å². The molecule has 2 aromatic carbocycles. The highest BCUT2D eigenvalue weighted by Crippen LogP contribution is 2.50. The molecule has 1 saturated carbocycles. The third-order valence-electron chi connectivity index (χ3n) is 10.6. The van der Waals surface area contributed by atoms with Crippen molar-refractivity contribution < 1.29 is 23.4 Å². The molecule has 4 saturated heterocycles. The van der Waals surface area contributed by atoms with Crippen molar-refractivity contribution in [3.8, 4) is 22.9 Å². The molecule has 0 spiro atoms. The van der Waals surface area contributed by atoms with Gasteiger partial charge in [-0.1, -0.05) is 24.2 Å². The molecule has 1 aliphatic carbocycles. The first kappa shape index (κ1) is 28.9. The number of rotatable bonds is 7. The Morgan fingerprint density at radius 3 is 2.64 bits per heavy atom. The number of carbonyl (C=O) groups excluding carboxylic acids is 1. The molecule has 11 heteroatoms. The quantitative estimate of drug-likeness (QED) is 0.319. The number of alkyl halides is 1. The summed E-state index contributed by atoms with van der Waals surface area (Å²) in [5, 5.41) is 11.4. The lowest BCUT2D eigenvalue weighted by Crippen LogP contribution is -2.55. The second-order valence-corrected chi connectivity index (χ2v) is 13.8. The minimum Gasteiger partial charge on any atom is -0.508 e. The predicted octanol–water partition coefficient (Wildman–Crippen LogP) is 5.99. The van der Waals surface area contributed by atoms with Crippen LogP contribution in [0.2, 0.25) is 5.02 Å². The van der Waals surface area contributed by atoms with Crippen molar-refractivity contribution in [1.82, 2.24) is 19.8 Å². The number of phenolic OH excluding ortho intramolecular Hbond substituents is 1. The number of ether oxygens (including phenoxy) is 1. The number of piperazine rings is 1. The fourth-order valence-corrected chi connectivity index (χ4v) is 8.81. The molecule has 236 valence electrons. The molecule has 1 amide bonds. The number of hydrogen-bond acceptors (Lipinski definition) is 7. The molecule has 5 fully saturated rings. The van der Waals surface area contributed by atoms with E-state index in [1.165, 1.54) is 12.1 Å². The number of aromatic hydroxyl groups is 1. The van der Waals surface area contributed by atoms with Crippen molar-refractivity contribution in [3.05, 3.63) is 53.3 Å². The second-order valence-electron chi connectivity index (χ2n) is 13.4. The maximum absolute atomic E-state index is 16.8. The monoisotopic (exact) mass is 635 g/mol. The minimum atomic E-state index is -0.901. The van der Waals surface area contributed by atoms with Gasteiger partial charge in [0.05, 0.1) is 5.54 Å².